The van der Waals surface area contributed by atoms with Gasteiger partial charge >= 0.3 is 23.5 Å². The predicted molar refractivity (Wildman–Crippen MR) is 92.1 cm³/mol. The molecule has 2 N–H and O–H groups in total. The van der Waals surface area contributed by atoms with Crippen molar-refractivity contribution in [1.29, 1.82) is 0 Å². The number of methoxy groups -OCH3 is 1. The van der Waals surface area contributed by atoms with Crippen LogP contribution in [0, 0.1) is 5.41 Å². The van der Waals surface area contributed by atoms with Gasteiger partial charge in [-0.2, -0.15) is 0 Å². The van der Waals surface area contributed by atoms with Gasteiger partial charge in [0.1, 0.15) is 11.1 Å². The lowest BCUT2D eigenvalue weighted by Gasteiger charge is -2.20. The van der Waals surface area contributed by atoms with Gasteiger partial charge in [0, 0.05) is 5.39 Å². The Labute approximate surface area is 149 Å². The highest BCUT2D eigenvalue weighted by Crippen LogP contribution is 2.26. The Balaban J connectivity index is 0.000000276. The van der Waals surface area contributed by atoms with Crippen LogP contribution in [0.25, 0.3) is 11.0 Å². The maximum absolute atomic E-state index is 11.4. The second-order valence-electron chi connectivity index (χ2n) is 5.38. The van der Waals surface area contributed by atoms with Crippen LogP contribution in [0.2, 0.25) is 0 Å². The van der Waals surface area contributed by atoms with Crippen LogP contribution in [0.4, 0.5) is 0 Å². The first kappa shape index (κ1) is 20.9. The molecule has 8 nitrogen and oxygen atoms in total. The van der Waals surface area contributed by atoms with Crippen molar-refractivity contribution in [3.8, 4) is 0 Å². The molecule has 0 saturated carbocycles. The summed E-state index contributed by atoms with van der Waals surface area (Å²) in [6, 6.07) is 8.43. The van der Waals surface area contributed by atoms with Gasteiger partial charge in [0.25, 0.3) is 0 Å². The number of benzene rings is 1. The molecule has 2 rings (SSSR count). The van der Waals surface area contributed by atoms with Crippen LogP contribution in [0.5, 0.6) is 0 Å². The molecule has 0 spiro atoms. The number of fused-ring (bicyclic) bond motifs is 1. The topological polar surface area (TPSA) is 131 Å². The van der Waals surface area contributed by atoms with Crippen molar-refractivity contribution in [2.75, 3.05) is 7.11 Å². The molecule has 0 unspecified atom stereocenters. The van der Waals surface area contributed by atoms with Gasteiger partial charge in [-0.15, -0.1) is 0 Å². The molecule has 26 heavy (non-hydrogen) atoms. The van der Waals surface area contributed by atoms with Crippen LogP contribution in [0.15, 0.2) is 39.5 Å². The van der Waals surface area contributed by atoms with E-state index in [2.05, 4.69) is 4.74 Å². The molecule has 0 atom stereocenters. The van der Waals surface area contributed by atoms with Crippen molar-refractivity contribution in [1.82, 2.24) is 0 Å². The van der Waals surface area contributed by atoms with E-state index < -0.39 is 28.9 Å². The van der Waals surface area contributed by atoms with Gasteiger partial charge in [-0.25, -0.2) is 9.59 Å². The number of hydrogen-bond donors (Lipinski definition) is 2. The fraction of sp³-hybridized carbons (Fsp3) is 0.333. The number of hydrogen-bond acceptors (Lipinski definition) is 6. The molecular formula is C18H20O8. The van der Waals surface area contributed by atoms with Gasteiger partial charge in [-0.1, -0.05) is 32.0 Å². The van der Waals surface area contributed by atoms with Crippen LogP contribution < -0.4 is 5.63 Å². The SMILES string of the molecule is CCC(CC)(C(=O)O)C(=O)O.COC(=O)c1cc2ccccc2oc1=O. The van der Waals surface area contributed by atoms with Gasteiger partial charge < -0.3 is 19.4 Å². The highest BCUT2D eigenvalue weighted by molar-refractivity contribution is 5.98. The van der Waals surface area contributed by atoms with Gasteiger partial charge in [0.2, 0.25) is 0 Å². The van der Waals surface area contributed by atoms with Crippen LogP contribution in [-0.4, -0.2) is 35.2 Å². The maximum atomic E-state index is 11.4. The van der Waals surface area contributed by atoms with E-state index in [0.717, 1.165) is 0 Å². The molecule has 0 bridgehead atoms. The zero-order valence-corrected chi connectivity index (χ0v) is 14.6. The van der Waals surface area contributed by atoms with E-state index in [1.54, 1.807) is 38.1 Å². The van der Waals surface area contributed by atoms with Gasteiger partial charge in [-0.3, -0.25) is 9.59 Å². The number of rotatable bonds is 5. The summed E-state index contributed by atoms with van der Waals surface area (Å²) in [6.07, 6.45) is 0.238. The summed E-state index contributed by atoms with van der Waals surface area (Å²) in [6.45, 7) is 3.12. The first-order valence-corrected chi connectivity index (χ1v) is 7.81. The van der Waals surface area contributed by atoms with Gasteiger partial charge in [0.05, 0.1) is 7.11 Å². The van der Waals surface area contributed by atoms with Crippen molar-refractivity contribution in [2.45, 2.75) is 26.7 Å². The minimum atomic E-state index is -1.58. The third-order valence-corrected chi connectivity index (χ3v) is 4.07. The van der Waals surface area contributed by atoms with Gasteiger partial charge in [-0.05, 0) is 25.0 Å². The van der Waals surface area contributed by atoms with Crippen LogP contribution >= 0.6 is 0 Å². The second-order valence-corrected chi connectivity index (χ2v) is 5.38. The lowest BCUT2D eigenvalue weighted by molar-refractivity contribution is -0.165. The van der Waals surface area contributed by atoms with Crippen LogP contribution in [0.1, 0.15) is 37.0 Å². The number of carboxylic acid groups (broad SMARTS) is 2. The van der Waals surface area contributed by atoms with Crippen molar-refractivity contribution in [3.63, 3.8) is 0 Å². The molecule has 0 aliphatic carbocycles. The lowest BCUT2D eigenvalue weighted by atomic mass is 9.83. The number of carboxylic acids is 2. The van der Waals surface area contributed by atoms with E-state index in [9.17, 15) is 19.2 Å². The minimum Gasteiger partial charge on any atom is -0.480 e. The molecule has 2 aromatic rings. The summed E-state index contributed by atoms with van der Waals surface area (Å²) in [5, 5.41) is 17.9. The first-order chi connectivity index (χ1) is 12.2. The smallest absolute Gasteiger partial charge is 0.351 e. The number of esters is 1. The molecule has 0 aliphatic rings. The zero-order valence-electron chi connectivity index (χ0n) is 14.6. The average Bonchev–Trinajstić information content (AvgIpc) is 2.62. The van der Waals surface area contributed by atoms with E-state index in [-0.39, 0.29) is 18.4 Å². The summed E-state index contributed by atoms with van der Waals surface area (Å²) in [4.78, 5) is 43.7. The number of ether oxygens (including phenoxy) is 1. The van der Waals surface area contributed by atoms with E-state index in [1.807, 2.05) is 0 Å². The van der Waals surface area contributed by atoms with E-state index in [4.69, 9.17) is 14.6 Å². The summed E-state index contributed by atoms with van der Waals surface area (Å²) in [5.41, 5.74) is -1.90. The monoisotopic (exact) mass is 364 g/mol. The lowest BCUT2D eigenvalue weighted by Crippen LogP contribution is -2.38. The standard InChI is InChI=1S/C11H8O4.C7H12O4/c1-14-10(12)8-6-7-4-2-3-5-9(7)15-11(8)13;1-3-7(4-2,5(8)9)6(10)11/h2-6H,1H3;3-4H2,1-2H3,(H,8,9)(H,10,11). The zero-order chi connectivity index (χ0) is 19.9. The van der Waals surface area contributed by atoms with Crippen molar-refractivity contribution < 1.29 is 33.8 Å². The average molecular weight is 364 g/mol. The number of para-hydroxylation sites is 1. The van der Waals surface area contributed by atoms with Crippen LogP contribution in [0.3, 0.4) is 0 Å². The Morgan fingerprint density at radius 2 is 1.62 bits per heavy atom. The molecule has 0 aliphatic heterocycles. The molecule has 1 heterocycles. The normalized spacial score (nSPS) is 10.6. The van der Waals surface area contributed by atoms with Crippen molar-refractivity contribution in [2.24, 2.45) is 5.41 Å². The molecule has 140 valence electrons. The molecule has 0 saturated heterocycles. The van der Waals surface area contributed by atoms with E-state index in [0.29, 0.717) is 11.0 Å². The maximum Gasteiger partial charge on any atom is 0.351 e. The molecule has 1 aromatic carbocycles. The first-order valence-electron chi connectivity index (χ1n) is 7.81. The third kappa shape index (κ3) is 4.27. The molecule has 0 amide bonds. The Bertz CT molecular complexity index is 845. The Morgan fingerprint density at radius 3 is 2.04 bits per heavy atom. The van der Waals surface area contributed by atoms with Gasteiger partial charge in [0.15, 0.2) is 5.41 Å². The van der Waals surface area contributed by atoms with Crippen molar-refractivity contribution >= 4 is 28.9 Å². The third-order valence-electron chi connectivity index (χ3n) is 4.07. The Kier molecular flexibility index (Phi) is 7.06. The second kappa shape index (κ2) is 8.80. The largest absolute Gasteiger partial charge is 0.480 e. The molecule has 0 radical (unpaired) electrons. The Morgan fingerprint density at radius 1 is 1.08 bits per heavy atom. The highest BCUT2D eigenvalue weighted by Gasteiger charge is 2.42. The summed E-state index contributed by atoms with van der Waals surface area (Å²) in [5.74, 6) is -3.19. The predicted octanol–water partition coefficient (Wildman–Crippen LogP) is 2.54. The number of carbonyl (C=O) groups is 3. The quantitative estimate of drug-likeness (QED) is 0.470. The van der Waals surface area contributed by atoms with E-state index in [1.165, 1.54) is 13.2 Å². The number of carbonyl (C=O) groups excluding carboxylic acids is 1. The molecular weight excluding hydrogens is 344 g/mol. The molecule has 0 fully saturated rings. The highest BCUT2D eigenvalue weighted by atomic mass is 16.5. The van der Waals surface area contributed by atoms with E-state index >= 15 is 0 Å². The molecule has 1 aromatic heterocycles. The fourth-order valence-corrected chi connectivity index (χ4v) is 2.26. The summed E-state index contributed by atoms with van der Waals surface area (Å²) < 4.78 is 9.43. The molecule has 8 heteroatoms. The minimum absolute atomic E-state index is 0.0869. The Hall–Kier alpha value is -3.16. The van der Waals surface area contributed by atoms with Crippen LogP contribution in [-0.2, 0) is 14.3 Å². The summed E-state index contributed by atoms with van der Waals surface area (Å²) in [7, 11) is 1.22. The fourth-order valence-electron chi connectivity index (χ4n) is 2.26. The summed E-state index contributed by atoms with van der Waals surface area (Å²) >= 11 is 0. The number of aliphatic carboxylic acids is 2. The van der Waals surface area contributed by atoms with Crippen molar-refractivity contribution in [3.05, 3.63) is 46.3 Å².